The smallest absolute Gasteiger partial charge is 0.332 e. The number of ether oxygens (including phenoxy) is 1. The Balaban J connectivity index is 1.30. The van der Waals surface area contributed by atoms with Gasteiger partial charge in [-0.15, -0.1) is 10.2 Å². The first-order chi connectivity index (χ1) is 16.8. The number of amides is 1. The second-order valence-electron chi connectivity index (χ2n) is 8.76. The van der Waals surface area contributed by atoms with E-state index in [4.69, 9.17) is 4.74 Å². The van der Waals surface area contributed by atoms with Crippen LogP contribution < -0.4 is 21.3 Å². The fourth-order valence-electron chi connectivity index (χ4n) is 4.18. The molecule has 11 heteroatoms. The zero-order valence-corrected chi connectivity index (χ0v) is 21.0. The predicted octanol–water partition coefficient (Wildman–Crippen LogP) is 2.57. The molecule has 0 atom stereocenters. The van der Waals surface area contributed by atoms with Crippen LogP contribution in [0.4, 0.5) is 5.82 Å². The standard InChI is InChI=1S/C24H30N6O4S/c1-28-20(14-34-18-11-9-17(10-12-18)16-7-5-4-6-8-16)26-27-23(28)35-15-21(31)25-19-13-22(32)30(3)24(33)29(19)2/h9-13,16H,4-8,14-15H2,1-3H3,(H,25,31). The number of anilines is 1. The first-order valence-electron chi connectivity index (χ1n) is 11.6. The van der Waals surface area contributed by atoms with Gasteiger partial charge in [0.25, 0.3) is 5.56 Å². The summed E-state index contributed by atoms with van der Waals surface area (Å²) in [6.45, 7) is 0.258. The first-order valence-corrected chi connectivity index (χ1v) is 12.6. The van der Waals surface area contributed by atoms with Gasteiger partial charge in [-0.05, 0) is 36.5 Å². The summed E-state index contributed by atoms with van der Waals surface area (Å²) in [5, 5.41) is 11.5. The van der Waals surface area contributed by atoms with Gasteiger partial charge in [-0.2, -0.15) is 0 Å². The number of carbonyl (C=O) groups excluding carboxylic acids is 1. The molecule has 0 aliphatic heterocycles. The highest BCUT2D eigenvalue weighted by Crippen LogP contribution is 2.33. The fraction of sp³-hybridized carbons (Fsp3) is 0.458. The summed E-state index contributed by atoms with van der Waals surface area (Å²) in [5.41, 5.74) is 0.378. The molecule has 1 saturated carbocycles. The van der Waals surface area contributed by atoms with Crippen LogP contribution >= 0.6 is 11.8 Å². The van der Waals surface area contributed by atoms with Crippen LogP contribution in [0, 0.1) is 0 Å². The molecule has 0 bridgehead atoms. The Morgan fingerprint density at radius 3 is 2.46 bits per heavy atom. The van der Waals surface area contributed by atoms with E-state index in [9.17, 15) is 14.4 Å². The molecule has 1 aromatic carbocycles. The van der Waals surface area contributed by atoms with E-state index in [1.54, 1.807) is 4.57 Å². The first kappa shape index (κ1) is 24.8. The van der Waals surface area contributed by atoms with E-state index >= 15 is 0 Å². The number of hydrogen-bond acceptors (Lipinski definition) is 7. The SMILES string of the molecule is Cn1c(COc2ccc(C3CCCCC3)cc2)nnc1SCC(=O)Nc1cc(=O)n(C)c(=O)n1C. The second-order valence-corrected chi connectivity index (χ2v) is 9.70. The number of rotatable bonds is 8. The van der Waals surface area contributed by atoms with Crippen molar-refractivity contribution >= 4 is 23.5 Å². The zero-order chi connectivity index (χ0) is 24.9. The molecule has 2 aromatic heterocycles. The molecule has 0 unspecified atom stereocenters. The summed E-state index contributed by atoms with van der Waals surface area (Å²) >= 11 is 1.20. The van der Waals surface area contributed by atoms with Crippen molar-refractivity contribution in [2.24, 2.45) is 21.1 Å². The van der Waals surface area contributed by atoms with Gasteiger partial charge in [0.1, 0.15) is 18.2 Å². The van der Waals surface area contributed by atoms with Gasteiger partial charge in [-0.1, -0.05) is 43.2 Å². The number of nitrogens with one attached hydrogen (secondary N) is 1. The second kappa shape index (κ2) is 10.9. The maximum absolute atomic E-state index is 12.4. The van der Waals surface area contributed by atoms with Crippen LogP contribution in [-0.2, 0) is 32.5 Å². The summed E-state index contributed by atoms with van der Waals surface area (Å²) in [5.74, 6) is 1.89. The number of benzene rings is 1. The number of hydrogen-bond donors (Lipinski definition) is 1. The van der Waals surface area contributed by atoms with Crippen molar-refractivity contribution in [1.29, 1.82) is 0 Å². The summed E-state index contributed by atoms with van der Waals surface area (Å²) in [7, 11) is 4.69. The highest BCUT2D eigenvalue weighted by atomic mass is 32.2. The van der Waals surface area contributed by atoms with Crippen LogP contribution in [0.1, 0.15) is 49.4 Å². The van der Waals surface area contributed by atoms with Gasteiger partial charge >= 0.3 is 5.69 Å². The lowest BCUT2D eigenvalue weighted by Crippen LogP contribution is -2.38. The highest BCUT2D eigenvalue weighted by Gasteiger charge is 2.16. The van der Waals surface area contributed by atoms with Gasteiger partial charge in [0.15, 0.2) is 11.0 Å². The van der Waals surface area contributed by atoms with Crippen molar-refractivity contribution in [2.45, 2.75) is 49.8 Å². The van der Waals surface area contributed by atoms with Gasteiger partial charge in [0.2, 0.25) is 5.91 Å². The number of carbonyl (C=O) groups is 1. The quantitative estimate of drug-likeness (QED) is 0.475. The Hall–Kier alpha value is -3.34. The summed E-state index contributed by atoms with van der Waals surface area (Å²) < 4.78 is 9.87. The molecular weight excluding hydrogens is 468 g/mol. The molecule has 0 saturated heterocycles. The molecule has 0 spiro atoms. The molecule has 1 fully saturated rings. The van der Waals surface area contributed by atoms with E-state index < -0.39 is 11.2 Å². The van der Waals surface area contributed by atoms with Gasteiger partial charge in [-0.3, -0.25) is 18.7 Å². The summed E-state index contributed by atoms with van der Waals surface area (Å²) in [6, 6.07) is 9.53. The van der Waals surface area contributed by atoms with E-state index in [0.29, 0.717) is 16.9 Å². The Morgan fingerprint density at radius 1 is 1.03 bits per heavy atom. The minimum Gasteiger partial charge on any atom is -0.486 e. The average molecular weight is 499 g/mol. The van der Waals surface area contributed by atoms with Gasteiger partial charge < -0.3 is 14.6 Å². The van der Waals surface area contributed by atoms with Crippen LogP contribution in [0.15, 0.2) is 45.1 Å². The Bertz CT molecular complexity index is 1310. The van der Waals surface area contributed by atoms with Crippen LogP contribution in [-0.4, -0.2) is 35.6 Å². The monoisotopic (exact) mass is 498 g/mol. The number of aromatic nitrogens is 5. The van der Waals surface area contributed by atoms with Crippen molar-refractivity contribution in [3.8, 4) is 5.75 Å². The highest BCUT2D eigenvalue weighted by molar-refractivity contribution is 7.99. The maximum atomic E-state index is 12.4. The number of thioether (sulfide) groups is 1. The van der Waals surface area contributed by atoms with Crippen LogP contribution in [0.2, 0.25) is 0 Å². The van der Waals surface area contributed by atoms with E-state index in [0.717, 1.165) is 10.3 Å². The Kier molecular flexibility index (Phi) is 7.74. The average Bonchev–Trinajstić information content (AvgIpc) is 3.23. The van der Waals surface area contributed by atoms with Crippen LogP contribution in [0.25, 0.3) is 0 Å². The van der Waals surface area contributed by atoms with E-state index in [2.05, 4.69) is 27.6 Å². The predicted molar refractivity (Wildman–Crippen MR) is 134 cm³/mol. The Labute approximate surface area is 207 Å². The topological polar surface area (TPSA) is 113 Å². The molecule has 2 heterocycles. The molecule has 186 valence electrons. The van der Waals surface area contributed by atoms with Crippen molar-refractivity contribution in [3.63, 3.8) is 0 Å². The normalized spacial score (nSPS) is 14.1. The Morgan fingerprint density at radius 2 is 1.74 bits per heavy atom. The molecule has 1 N–H and O–H groups in total. The third-order valence-electron chi connectivity index (χ3n) is 6.38. The van der Waals surface area contributed by atoms with Crippen molar-refractivity contribution in [2.75, 3.05) is 11.1 Å². The van der Waals surface area contributed by atoms with Crippen molar-refractivity contribution in [3.05, 3.63) is 62.6 Å². The van der Waals surface area contributed by atoms with Crippen molar-refractivity contribution < 1.29 is 9.53 Å². The minimum atomic E-state index is -0.512. The van der Waals surface area contributed by atoms with E-state index in [1.807, 2.05) is 19.2 Å². The molecule has 35 heavy (non-hydrogen) atoms. The zero-order valence-electron chi connectivity index (χ0n) is 20.2. The fourth-order valence-corrected chi connectivity index (χ4v) is 4.91. The molecule has 1 aliphatic carbocycles. The van der Waals surface area contributed by atoms with Gasteiger partial charge in [0, 0.05) is 27.2 Å². The van der Waals surface area contributed by atoms with Gasteiger partial charge in [-0.25, -0.2) is 4.79 Å². The molecular formula is C24H30N6O4S. The third-order valence-corrected chi connectivity index (χ3v) is 7.40. The lowest BCUT2D eigenvalue weighted by Gasteiger charge is -2.22. The lowest BCUT2D eigenvalue weighted by molar-refractivity contribution is -0.113. The molecule has 1 amide bonds. The van der Waals surface area contributed by atoms with Crippen LogP contribution in [0.5, 0.6) is 5.75 Å². The van der Waals surface area contributed by atoms with Crippen molar-refractivity contribution in [1.82, 2.24) is 23.9 Å². The molecule has 0 radical (unpaired) electrons. The largest absolute Gasteiger partial charge is 0.486 e. The van der Waals surface area contributed by atoms with E-state index in [1.165, 1.54) is 74.2 Å². The summed E-state index contributed by atoms with van der Waals surface area (Å²) in [4.78, 5) is 36.2. The minimum absolute atomic E-state index is 0.0405. The third kappa shape index (κ3) is 5.84. The molecule has 10 nitrogen and oxygen atoms in total. The molecule has 4 rings (SSSR count). The van der Waals surface area contributed by atoms with Gasteiger partial charge in [0.05, 0.1) is 5.75 Å². The lowest BCUT2D eigenvalue weighted by atomic mass is 9.84. The summed E-state index contributed by atoms with van der Waals surface area (Å²) in [6.07, 6.45) is 6.49. The van der Waals surface area contributed by atoms with Crippen LogP contribution in [0.3, 0.4) is 0 Å². The maximum Gasteiger partial charge on any atom is 0.332 e. The number of nitrogens with zero attached hydrogens (tertiary/aromatic N) is 5. The molecule has 1 aliphatic rings. The van der Waals surface area contributed by atoms with E-state index in [-0.39, 0.29) is 24.1 Å². The molecule has 3 aromatic rings.